The fourth-order valence-electron chi connectivity index (χ4n) is 2.67. The standard InChI is InChI=1S/C21H29NO3/c1-16-7-5-6-8-20(16)25-15-18(23)14-22-21(2,3)13-17-9-11-19(24-4)12-10-17/h5-12,18,22-23H,13-15H2,1-4H3. The molecule has 2 aromatic rings. The Kier molecular flexibility index (Phi) is 6.85. The lowest BCUT2D eigenvalue weighted by molar-refractivity contribution is 0.0985. The number of para-hydroxylation sites is 1. The molecule has 4 nitrogen and oxygen atoms in total. The van der Waals surface area contributed by atoms with Gasteiger partial charge in [-0.05, 0) is 56.5 Å². The van der Waals surface area contributed by atoms with Crippen molar-refractivity contribution < 1.29 is 14.6 Å². The maximum atomic E-state index is 10.2. The zero-order valence-corrected chi connectivity index (χ0v) is 15.6. The summed E-state index contributed by atoms with van der Waals surface area (Å²) < 4.78 is 10.9. The van der Waals surface area contributed by atoms with Crippen molar-refractivity contribution in [2.24, 2.45) is 0 Å². The molecule has 0 aliphatic rings. The van der Waals surface area contributed by atoms with E-state index in [9.17, 15) is 5.11 Å². The molecule has 0 amide bonds. The third-order valence-electron chi connectivity index (χ3n) is 4.15. The monoisotopic (exact) mass is 343 g/mol. The molecule has 0 spiro atoms. The van der Waals surface area contributed by atoms with Crippen LogP contribution in [0.2, 0.25) is 0 Å². The second-order valence-corrected chi connectivity index (χ2v) is 7.02. The first-order valence-electron chi connectivity index (χ1n) is 8.64. The Bertz CT molecular complexity index is 652. The predicted octanol–water partition coefficient (Wildman–Crippen LogP) is 3.35. The molecule has 0 bridgehead atoms. The second kappa shape index (κ2) is 8.88. The number of aliphatic hydroxyl groups excluding tert-OH is 1. The van der Waals surface area contributed by atoms with E-state index < -0.39 is 6.10 Å². The first kappa shape index (κ1) is 19.3. The lowest BCUT2D eigenvalue weighted by Gasteiger charge is -2.28. The number of aryl methyl sites for hydroxylation is 1. The fourth-order valence-corrected chi connectivity index (χ4v) is 2.67. The van der Waals surface area contributed by atoms with Gasteiger partial charge in [-0.15, -0.1) is 0 Å². The van der Waals surface area contributed by atoms with E-state index in [1.54, 1.807) is 7.11 Å². The highest BCUT2D eigenvalue weighted by molar-refractivity contribution is 5.31. The Morgan fingerprint density at radius 2 is 1.76 bits per heavy atom. The van der Waals surface area contributed by atoms with Crippen LogP contribution in [0.25, 0.3) is 0 Å². The minimum Gasteiger partial charge on any atom is -0.497 e. The zero-order valence-electron chi connectivity index (χ0n) is 15.6. The molecule has 136 valence electrons. The Labute approximate surface area is 150 Å². The van der Waals surface area contributed by atoms with Crippen molar-refractivity contribution in [1.82, 2.24) is 5.32 Å². The van der Waals surface area contributed by atoms with Crippen LogP contribution in [0.3, 0.4) is 0 Å². The molecule has 0 aliphatic heterocycles. The van der Waals surface area contributed by atoms with E-state index in [1.165, 1.54) is 5.56 Å². The lowest BCUT2D eigenvalue weighted by Crippen LogP contribution is -2.46. The largest absolute Gasteiger partial charge is 0.497 e. The lowest BCUT2D eigenvalue weighted by atomic mass is 9.94. The van der Waals surface area contributed by atoms with E-state index in [1.807, 2.05) is 43.3 Å². The minimum atomic E-state index is -0.560. The van der Waals surface area contributed by atoms with Gasteiger partial charge in [0.05, 0.1) is 7.11 Å². The van der Waals surface area contributed by atoms with Gasteiger partial charge in [-0.3, -0.25) is 0 Å². The Hall–Kier alpha value is -2.04. The van der Waals surface area contributed by atoms with Gasteiger partial charge in [-0.1, -0.05) is 30.3 Å². The van der Waals surface area contributed by atoms with Crippen molar-refractivity contribution in [2.45, 2.75) is 38.8 Å². The molecule has 2 rings (SSSR count). The van der Waals surface area contributed by atoms with Gasteiger partial charge in [0.15, 0.2) is 0 Å². The first-order valence-corrected chi connectivity index (χ1v) is 8.64. The maximum absolute atomic E-state index is 10.2. The molecular weight excluding hydrogens is 314 g/mol. The Morgan fingerprint density at radius 3 is 2.40 bits per heavy atom. The summed E-state index contributed by atoms with van der Waals surface area (Å²) in [5, 5.41) is 13.6. The molecule has 0 heterocycles. The summed E-state index contributed by atoms with van der Waals surface area (Å²) in [5.74, 6) is 1.68. The maximum Gasteiger partial charge on any atom is 0.122 e. The summed E-state index contributed by atoms with van der Waals surface area (Å²) in [4.78, 5) is 0. The average molecular weight is 343 g/mol. The van der Waals surface area contributed by atoms with E-state index in [4.69, 9.17) is 9.47 Å². The number of methoxy groups -OCH3 is 1. The van der Waals surface area contributed by atoms with Gasteiger partial charge < -0.3 is 19.9 Å². The number of ether oxygens (including phenoxy) is 2. The number of hydrogen-bond donors (Lipinski definition) is 2. The van der Waals surface area contributed by atoms with Gasteiger partial charge in [0.1, 0.15) is 24.2 Å². The molecule has 0 radical (unpaired) electrons. The molecule has 2 aromatic carbocycles. The van der Waals surface area contributed by atoms with Crippen molar-refractivity contribution >= 4 is 0 Å². The minimum absolute atomic E-state index is 0.127. The number of hydrogen-bond acceptors (Lipinski definition) is 4. The molecular formula is C21H29NO3. The number of nitrogens with one attached hydrogen (secondary N) is 1. The molecule has 0 aromatic heterocycles. The smallest absolute Gasteiger partial charge is 0.122 e. The highest BCUT2D eigenvalue weighted by Gasteiger charge is 2.19. The molecule has 25 heavy (non-hydrogen) atoms. The third kappa shape index (κ3) is 6.40. The van der Waals surface area contributed by atoms with Crippen LogP contribution in [-0.2, 0) is 6.42 Å². The van der Waals surface area contributed by atoms with E-state index in [0.717, 1.165) is 23.5 Å². The Balaban J connectivity index is 1.78. The molecule has 0 saturated heterocycles. The quantitative estimate of drug-likeness (QED) is 0.733. The van der Waals surface area contributed by atoms with Crippen molar-refractivity contribution in [3.8, 4) is 11.5 Å². The summed E-state index contributed by atoms with van der Waals surface area (Å²) in [6, 6.07) is 15.9. The Morgan fingerprint density at radius 1 is 1.08 bits per heavy atom. The molecule has 1 atom stereocenters. The van der Waals surface area contributed by atoms with Crippen LogP contribution >= 0.6 is 0 Å². The highest BCUT2D eigenvalue weighted by atomic mass is 16.5. The summed E-state index contributed by atoms with van der Waals surface area (Å²) in [6.45, 7) is 7.02. The SMILES string of the molecule is COc1ccc(CC(C)(C)NCC(O)COc2ccccc2C)cc1. The van der Waals surface area contributed by atoms with Gasteiger partial charge in [0.25, 0.3) is 0 Å². The number of benzene rings is 2. The van der Waals surface area contributed by atoms with E-state index in [-0.39, 0.29) is 12.1 Å². The van der Waals surface area contributed by atoms with Crippen molar-refractivity contribution in [1.29, 1.82) is 0 Å². The fraction of sp³-hybridized carbons (Fsp3) is 0.429. The number of rotatable bonds is 9. The normalized spacial score (nSPS) is 12.7. The molecule has 1 unspecified atom stereocenters. The third-order valence-corrected chi connectivity index (χ3v) is 4.15. The van der Waals surface area contributed by atoms with Crippen LogP contribution in [0.15, 0.2) is 48.5 Å². The number of aliphatic hydroxyl groups is 1. The second-order valence-electron chi connectivity index (χ2n) is 7.02. The van der Waals surface area contributed by atoms with Crippen LogP contribution in [0, 0.1) is 6.92 Å². The van der Waals surface area contributed by atoms with Crippen LogP contribution in [0.4, 0.5) is 0 Å². The van der Waals surface area contributed by atoms with Crippen molar-refractivity contribution in [3.05, 3.63) is 59.7 Å². The van der Waals surface area contributed by atoms with E-state index in [0.29, 0.717) is 6.54 Å². The molecule has 0 aliphatic carbocycles. The van der Waals surface area contributed by atoms with Crippen LogP contribution in [0.1, 0.15) is 25.0 Å². The van der Waals surface area contributed by atoms with Gasteiger partial charge in [0.2, 0.25) is 0 Å². The van der Waals surface area contributed by atoms with Crippen molar-refractivity contribution in [3.63, 3.8) is 0 Å². The highest BCUT2D eigenvalue weighted by Crippen LogP contribution is 2.18. The van der Waals surface area contributed by atoms with Gasteiger partial charge in [-0.25, -0.2) is 0 Å². The molecule has 2 N–H and O–H groups in total. The van der Waals surface area contributed by atoms with Crippen LogP contribution in [0.5, 0.6) is 11.5 Å². The number of β-amino-alcohol motifs (C(OH)–C–C–N with tert-alkyl or cyclic N) is 1. The van der Waals surface area contributed by atoms with E-state index in [2.05, 4.69) is 31.3 Å². The van der Waals surface area contributed by atoms with Gasteiger partial charge in [0, 0.05) is 12.1 Å². The van der Waals surface area contributed by atoms with Crippen LogP contribution in [-0.4, -0.2) is 37.0 Å². The molecule has 0 saturated carbocycles. The summed E-state index contributed by atoms with van der Waals surface area (Å²) >= 11 is 0. The van der Waals surface area contributed by atoms with Crippen molar-refractivity contribution in [2.75, 3.05) is 20.3 Å². The summed E-state index contributed by atoms with van der Waals surface area (Å²) in [5.41, 5.74) is 2.17. The topological polar surface area (TPSA) is 50.7 Å². The van der Waals surface area contributed by atoms with E-state index >= 15 is 0 Å². The summed E-state index contributed by atoms with van der Waals surface area (Å²) in [7, 11) is 1.67. The first-order chi connectivity index (χ1) is 11.9. The molecule has 0 fully saturated rings. The predicted molar refractivity (Wildman–Crippen MR) is 101 cm³/mol. The average Bonchev–Trinajstić information content (AvgIpc) is 2.60. The van der Waals surface area contributed by atoms with Crippen LogP contribution < -0.4 is 14.8 Å². The van der Waals surface area contributed by atoms with Gasteiger partial charge in [-0.2, -0.15) is 0 Å². The zero-order chi connectivity index (χ0) is 18.3. The summed E-state index contributed by atoms with van der Waals surface area (Å²) in [6.07, 6.45) is 0.303. The molecule has 4 heteroatoms. The van der Waals surface area contributed by atoms with Gasteiger partial charge >= 0.3 is 0 Å².